The summed E-state index contributed by atoms with van der Waals surface area (Å²) in [6.45, 7) is 1.40. The fourth-order valence-electron chi connectivity index (χ4n) is 3.62. The van der Waals surface area contributed by atoms with Crippen molar-refractivity contribution in [1.29, 1.82) is 5.26 Å². The summed E-state index contributed by atoms with van der Waals surface area (Å²) in [6, 6.07) is 12.1. The van der Waals surface area contributed by atoms with Crippen LogP contribution >= 0.6 is 11.6 Å². The van der Waals surface area contributed by atoms with Crippen molar-refractivity contribution < 1.29 is 19.7 Å². The number of carboxylic acids is 1. The molecule has 1 aliphatic rings. The summed E-state index contributed by atoms with van der Waals surface area (Å²) in [7, 11) is 0. The number of hydrogen-bond donors (Lipinski definition) is 3. The van der Waals surface area contributed by atoms with E-state index in [1.165, 1.54) is 6.92 Å². The van der Waals surface area contributed by atoms with Gasteiger partial charge < -0.3 is 20.7 Å². The molecule has 0 radical (unpaired) electrons. The predicted molar refractivity (Wildman–Crippen MR) is 111 cm³/mol. The first-order valence-corrected chi connectivity index (χ1v) is 9.42. The van der Waals surface area contributed by atoms with Gasteiger partial charge in [-0.05, 0) is 36.2 Å². The number of carboxylic acid groups (broad SMARTS) is 1. The van der Waals surface area contributed by atoms with E-state index < -0.39 is 12.1 Å². The molecule has 0 bridgehead atoms. The van der Waals surface area contributed by atoms with Crippen molar-refractivity contribution in [1.82, 2.24) is 4.98 Å². The number of carbonyl (C=O) groups is 1. The number of aliphatic carboxylic acids is 1. The third-order valence-electron chi connectivity index (χ3n) is 5.07. The molecule has 1 heterocycles. The maximum Gasteiger partial charge on any atom is 0.344 e. The minimum atomic E-state index is -1.11. The topological polar surface area (TPSA) is 129 Å². The van der Waals surface area contributed by atoms with Crippen LogP contribution in [0.4, 0.5) is 5.82 Å². The second kappa shape index (κ2) is 7.25. The number of rotatable bonds is 4. The van der Waals surface area contributed by atoms with Crippen molar-refractivity contribution in [3.05, 3.63) is 58.1 Å². The Morgan fingerprint density at radius 2 is 2.10 bits per heavy atom. The second-order valence-electron chi connectivity index (χ2n) is 6.91. The fraction of sp³-hybridized carbons (Fsp3) is 0.136. The Morgan fingerprint density at radius 1 is 1.33 bits per heavy atom. The standard InChI is InChI=1S/C22H16ClN3O4/c1-10(22(28)29)30-18-6-5-11(7-16(18)23)19-14-8-13-12(3-2-4-17(13)27)20(14)26-21(25)15(19)9-24/h2-7,10,27H,8H2,1H3,(H2,25,26)(H,28,29). The van der Waals surface area contributed by atoms with E-state index in [1.54, 1.807) is 30.3 Å². The van der Waals surface area contributed by atoms with E-state index in [9.17, 15) is 15.2 Å². The number of phenolic OH excluding ortho intramolecular Hbond substituents is 1. The average Bonchev–Trinajstić information content (AvgIpc) is 3.08. The van der Waals surface area contributed by atoms with Gasteiger partial charge >= 0.3 is 5.97 Å². The molecule has 2 aromatic carbocycles. The van der Waals surface area contributed by atoms with Crippen molar-refractivity contribution in [2.75, 3.05) is 5.73 Å². The number of nitrogens with two attached hydrogens (primary N) is 1. The van der Waals surface area contributed by atoms with Crippen LogP contribution in [-0.4, -0.2) is 27.3 Å². The summed E-state index contributed by atoms with van der Waals surface area (Å²) >= 11 is 6.34. The smallest absolute Gasteiger partial charge is 0.344 e. The van der Waals surface area contributed by atoms with Gasteiger partial charge in [0.2, 0.25) is 0 Å². The van der Waals surface area contributed by atoms with Gasteiger partial charge in [0.15, 0.2) is 6.10 Å². The molecule has 4 N–H and O–H groups in total. The number of hydrogen-bond acceptors (Lipinski definition) is 6. The zero-order valence-corrected chi connectivity index (χ0v) is 16.6. The molecule has 8 heteroatoms. The molecular formula is C22H16ClN3O4. The van der Waals surface area contributed by atoms with Crippen LogP contribution in [0, 0.1) is 11.3 Å². The van der Waals surface area contributed by atoms with E-state index in [0.29, 0.717) is 23.2 Å². The number of aromatic hydroxyl groups is 1. The van der Waals surface area contributed by atoms with Crippen LogP contribution in [0.3, 0.4) is 0 Å². The predicted octanol–water partition coefficient (Wildman–Crippen LogP) is 3.98. The summed E-state index contributed by atoms with van der Waals surface area (Å²) in [5.41, 5.74) is 10.4. The molecule has 1 unspecified atom stereocenters. The number of fused-ring (bicyclic) bond motifs is 3. The molecule has 3 aromatic rings. The van der Waals surface area contributed by atoms with Crippen LogP contribution in [0.5, 0.6) is 11.5 Å². The van der Waals surface area contributed by atoms with Gasteiger partial charge in [-0.15, -0.1) is 0 Å². The highest BCUT2D eigenvalue weighted by molar-refractivity contribution is 6.32. The zero-order chi connectivity index (χ0) is 21.6. The van der Waals surface area contributed by atoms with Gasteiger partial charge in [0.1, 0.15) is 28.9 Å². The first-order valence-electron chi connectivity index (χ1n) is 9.04. The first-order chi connectivity index (χ1) is 14.3. The van der Waals surface area contributed by atoms with Crippen molar-refractivity contribution in [3.63, 3.8) is 0 Å². The van der Waals surface area contributed by atoms with Crippen LogP contribution in [0.15, 0.2) is 36.4 Å². The summed E-state index contributed by atoms with van der Waals surface area (Å²) in [5.74, 6) is -0.663. The molecule has 1 aliphatic carbocycles. The van der Waals surface area contributed by atoms with Gasteiger partial charge in [-0.1, -0.05) is 29.8 Å². The van der Waals surface area contributed by atoms with Crippen LogP contribution in [0.2, 0.25) is 5.02 Å². The van der Waals surface area contributed by atoms with E-state index in [2.05, 4.69) is 11.1 Å². The highest BCUT2D eigenvalue weighted by Gasteiger charge is 2.29. The maximum absolute atomic E-state index is 11.0. The van der Waals surface area contributed by atoms with Crippen molar-refractivity contribution in [2.45, 2.75) is 19.4 Å². The lowest BCUT2D eigenvalue weighted by Gasteiger charge is -2.15. The molecule has 0 amide bonds. The Bertz CT molecular complexity index is 1250. The number of phenols is 1. The quantitative estimate of drug-likeness (QED) is 0.454. The Labute approximate surface area is 176 Å². The van der Waals surface area contributed by atoms with E-state index in [0.717, 1.165) is 16.7 Å². The van der Waals surface area contributed by atoms with Crippen LogP contribution in [-0.2, 0) is 11.2 Å². The van der Waals surface area contributed by atoms with Gasteiger partial charge in [-0.3, -0.25) is 0 Å². The highest BCUT2D eigenvalue weighted by Crippen LogP contribution is 2.46. The van der Waals surface area contributed by atoms with Gasteiger partial charge in [0, 0.05) is 23.1 Å². The molecule has 30 heavy (non-hydrogen) atoms. The number of pyridine rings is 1. The highest BCUT2D eigenvalue weighted by atomic mass is 35.5. The number of ether oxygens (including phenoxy) is 1. The summed E-state index contributed by atoms with van der Waals surface area (Å²) in [5, 5.41) is 29.2. The fourth-order valence-corrected chi connectivity index (χ4v) is 3.84. The Hall–Kier alpha value is -3.76. The molecule has 150 valence electrons. The molecule has 7 nitrogen and oxygen atoms in total. The number of nitriles is 1. The summed E-state index contributed by atoms with van der Waals surface area (Å²) < 4.78 is 5.37. The Balaban J connectivity index is 1.88. The molecule has 4 rings (SSSR count). The molecule has 0 fully saturated rings. The molecule has 0 spiro atoms. The van der Waals surface area contributed by atoms with Crippen molar-refractivity contribution in [2.24, 2.45) is 0 Å². The van der Waals surface area contributed by atoms with Gasteiger partial charge in [0.25, 0.3) is 0 Å². The summed E-state index contributed by atoms with van der Waals surface area (Å²) in [6.07, 6.45) is -0.679. The number of nitrogens with zero attached hydrogens (tertiary/aromatic N) is 2. The number of halogens is 1. The van der Waals surface area contributed by atoms with Crippen molar-refractivity contribution in [3.8, 4) is 40.0 Å². The molecule has 1 atom stereocenters. The Kier molecular flexibility index (Phi) is 4.72. The number of anilines is 1. The first kappa shape index (κ1) is 19.6. The summed E-state index contributed by atoms with van der Waals surface area (Å²) in [4.78, 5) is 15.5. The van der Waals surface area contributed by atoms with Crippen LogP contribution in [0.25, 0.3) is 22.4 Å². The zero-order valence-electron chi connectivity index (χ0n) is 15.8. The van der Waals surface area contributed by atoms with Gasteiger partial charge in [-0.25, -0.2) is 9.78 Å². The van der Waals surface area contributed by atoms with E-state index in [-0.39, 0.29) is 27.9 Å². The van der Waals surface area contributed by atoms with Crippen LogP contribution in [0.1, 0.15) is 23.6 Å². The van der Waals surface area contributed by atoms with E-state index in [4.69, 9.17) is 27.2 Å². The van der Waals surface area contributed by atoms with Gasteiger partial charge in [0.05, 0.1) is 10.7 Å². The third kappa shape index (κ3) is 3.08. The molecule has 1 aromatic heterocycles. The van der Waals surface area contributed by atoms with E-state index >= 15 is 0 Å². The number of nitrogen functional groups attached to an aromatic ring is 1. The lowest BCUT2D eigenvalue weighted by molar-refractivity contribution is -0.144. The largest absolute Gasteiger partial charge is 0.508 e. The minimum Gasteiger partial charge on any atom is -0.508 e. The third-order valence-corrected chi connectivity index (χ3v) is 5.37. The lowest BCUT2D eigenvalue weighted by Crippen LogP contribution is -2.22. The molecule has 0 saturated heterocycles. The lowest BCUT2D eigenvalue weighted by atomic mass is 9.94. The normalized spacial score (nSPS) is 12.6. The van der Waals surface area contributed by atoms with E-state index in [1.807, 2.05) is 6.07 Å². The monoisotopic (exact) mass is 421 g/mol. The van der Waals surface area contributed by atoms with Gasteiger partial charge in [-0.2, -0.15) is 5.26 Å². The SMILES string of the molecule is CC(Oc1ccc(-c2c(C#N)c(N)nc3c2Cc2c(O)cccc2-3)cc1Cl)C(=O)O. The second-order valence-corrected chi connectivity index (χ2v) is 7.32. The molecule has 0 aliphatic heterocycles. The molecule has 0 saturated carbocycles. The van der Waals surface area contributed by atoms with Crippen molar-refractivity contribution >= 4 is 23.4 Å². The Morgan fingerprint density at radius 3 is 2.77 bits per heavy atom. The average molecular weight is 422 g/mol. The van der Waals surface area contributed by atoms with Crippen LogP contribution < -0.4 is 10.5 Å². The minimum absolute atomic E-state index is 0.0818. The maximum atomic E-state index is 11.0. The number of aromatic nitrogens is 1. The molecular weight excluding hydrogens is 406 g/mol. The number of benzene rings is 2.